The van der Waals surface area contributed by atoms with E-state index in [1.807, 2.05) is 6.92 Å². The molecule has 1 fully saturated rings. The van der Waals surface area contributed by atoms with Crippen molar-refractivity contribution in [3.05, 3.63) is 36.0 Å². The summed E-state index contributed by atoms with van der Waals surface area (Å²) in [7, 11) is 0. The third-order valence-corrected chi connectivity index (χ3v) is 4.92. The van der Waals surface area contributed by atoms with E-state index in [4.69, 9.17) is 4.42 Å². The van der Waals surface area contributed by atoms with Gasteiger partial charge in [0.15, 0.2) is 0 Å². The van der Waals surface area contributed by atoms with Gasteiger partial charge >= 0.3 is 0 Å². The molecule has 1 saturated heterocycles. The number of nitrogens with zero attached hydrogens (tertiary/aromatic N) is 3. The smallest absolute Gasteiger partial charge is 0.247 e. The third kappa shape index (κ3) is 3.89. The Labute approximate surface area is 146 Å². The topological polar surface area (TPSA) is 82.6 Å². The van der Waals surface area contributed by atoms with Gasteiger partial charge in [0, 0.05) is 24.1 Å². The second kappa shape index (κ2) is 7.59. The van der Waals surface area contributed by atoms with Crippen LogP contribution in [0, 0.1) is 11.2 Å². The maximum absolute atomic E-state index is 13.3. The Hall–Kier alpha value is -1.83. The van der Waals surface area contributed by atoms with E-state index in [1.165, 1.54) is 12.1 Å². The number of benzene rings is 1. The summed E-state index contributed by atoms with van der Waals surface area (Å²) in [5.41, 5.74) is 0.0433. The highest BCUT2D eigenvalue weighted by atomic mass is 19.1. The van der Waals surface area contributed by atoms with Gasteiger partial charge in [-0.15, -0.1) is 10.2 Å². The molecule has 2 N–H and O–H groups in total. The fourth-order valence-corrected chi connectivity index (χ4v) is 3.60. The van der Waals surface area contributed by atoms with E-state index < -0.39 is 11.5 Å². The lowest BCUT2D eigenvalue weighted by Crippen LogP contribution is -2.53. The van der Waals surface area contributed by atoms with Crippen molar-refractivity contribution in [2.75, 3.05) is 19.7 Å². The van der Waals surface area contributed by atoms with Gasteiger partial charge in [-0.3, -0.25) is 4.90 Å². The molecule has 3 rings (SSSR count). The van der Waals surface area contributed by atoms with Crippen molar-refractivity contribution in [2.24, 2.45) is 5.41 Å². The van der Waals surface area contributed by atoms with Gasteiger partial charge in [0.25, 0.3) is 0 Å². The predicted octanol–water partition coefficient (Wildman–Crippen LogP) is 2.22. The molecule has 0 spiro atoms. The first kappa shape index (κ1) is 18.0. The van der Waals surface area contributed by atoms with Crippen molar-refractivity contribution < 1.29 is 19.0 Å². The van der Waals surface area contributed by atoms with Crippen molar-refractivity contribution in [1.29, 1.82) is 0 Å². The van der Waals surface area contributed by atoms with Crippen molar-refractivity contribution in [2.45, 2.75) is 38.8 Å². The number of aliphatic hydroxyl groups is 2. The molecule has 1 aliphatic rings. The van der Waals surface area contributed by atoms with Crippen LogP contribution in [-0.2, 0) is 6.54 Å². The summed E-state index contributed by atoms with van der Waals surface area (Å²) < 4.78 is 19.0. The minimum Gasteiger partial charge on any atom is -0.419 e. The molecule has 0 aliphatic carbocycles. The fourth-order valence-electron chi connectivity index (χ4n) is 3.60. The van der Waals surface area contributed by atoms with Crippen LogP contribution in [0.2, 0.25) is 0 Å². The number of piperidine rings is 1. The number of halogens is 1. The molecule has 2 heterocycles. The van der Waals surface area contributed by atoms with Crippen LogP contribution < -0.4 is 0 Å². The zero-order valence-electron chi connectivity index (χ0n) is 14.4. The van der Waals surface area contributed by atoms with Crippen molar-refractivity contribution >= 4 is 0 Å². The second-order valence-electron chi connectivity index (χ2n) is 6.80. The quantitative estimate of drug-likeness (QED) is 0.832. The van der Waals surface area contributed by atoms with Gasteiger partial charge < -0.3 is 14.6 Å². The summed E-state index contributed by atoms with van der Waals surface area (Å²) in [4.78, 5) is 2.11. The molecule has 2 aromatic rings. The molecule has 136 valence electrons. The summed E-state index contributed by atoms with van der Waals surface area (Å²) in [5, 5.41) is 28.2. The standard InChI is InChI=1S/C18H24FN3O3/c1-2-7-18(12-23)11-22(8-6-15(18)24)10-16-20-21-17(25-16)13-4-3-5-14(19)9-13/h3-5,9,15,23-24H,2,6-8,10-12H2,1H3/t15-,18+/m1/s1. The molecule has 0 bridgehead atoms. The average Bonchev–Trinajstić information content (AvgIpc) is 3.06. The SMILES string of the molecule is CCC[C@@]1(CO)CN(Cc2nnc(-c3cccc(F)c3)o2)CC[C@H]1O. The first-order valence-corrected chi connectivity index (χ1v) is 8.66. The lowest BCUT2D eigenvalue weighted by molar-refractivity contribution is -0.0832. The molecule has 25 heavy (non-hydrogen) atoms. The Balaban J connectivity index is 1.70. The van der Waals surface area contributed by atoms with Gasteiger partial charge in [-0.2, -0.15) is 0 Å². The lowest BCUT2D eigenvalue weighted by Gasteiger charge is -2.45. The fraction of sp³-hybridized carbons (Fsp3) is 0.556. The van der Waals surface area contributed by atoms with Crippen LogP contribution in [0.25, 0.3) is 11.5 Å². The maximum atomic E-state index is 13.3. The van der Waals surface area contributed by atoms with E-state index in [0.717, 1.165) is 12.8 Å². The molecule has 0 radical (unpaired) electrons. The molecule has 7 heteroatoms. The van der Waals surface area contributed by atoms with Gasteiger partial charge in [0.1, 0.15) is 5.82 Å². The van der Waals surface area contributed by atoms with Crippen molar-refractivity contribution in [3.63, 3.8) is 0 Å². The molecule has 1 aromatic carbocycles. The summed E-state index contributed by atoms with van der Waals surface area (Å²) in [6.07, 6.45) is 1.76. The van der Waals surface area contributed by atoms with E-state index in [0.29, 0.717) is 37.5 Å². The zero-order chi connectivity index (χ0) is 17.9. The summed E-state index contributed by atoms with van der Waals surface area (Å²) in [5.74, 6) is 0.377. The minimum absolute atomic E-state index is 0.0448. The van der Waals surface area contributed by atoms with E-state index in [2.05, 4.69) is 15.1 Å². The Morgan fingerprint density at radius 3 is 2.96 bits per heavy atom. The Kier molecular flexibility index (Phi) is 5.46. The first-order chi connectivity index (χ1) is 12.1. The van der Waals surface area contributed by atoms with E-state index in [9.17, 15) is 14.6 Å². The van der Waals surface area contributed by atoms with Crippen LogP contribution in [0.5, 0.6) is 0 Å². The highest BCUT2D eigenvalue weighted by Crippen LogP contribution is 2.35. The van der Waals surface area contributed by atoms with Gasteiger partial charge in [0.2, 0.25) is 11.8 Å². The lowest BCUT2D eigenvalue weighted by atomic mass is 9.74. The molecule has 0 unspecified atom stereocenters. The molecule has 0 amide bonds. The largest absolute Gasteiger partial charge is 0.419 e. The van der Waals surface area contributed by atoms with Crippen LogP contribution in [0.3, 0.4) is 0 Å². The van der Waals surface area contributed by atoms with Crippen LogP contribution in [0.1, 0.15) is 32.1 Å². The molecule has 6 nitrogen and oxygen atoms in total. The summed E-state index contributed by atoms with van der Waals surface area (Å²) >= 11 is 0. The second-order valence-corrected chi connectivity index (χ2v) is 6.80. The predicted molar refractivity (Wildman–Crippen MR) is 90.0 cm³/mol. The summed E-state index contributed by atoms with van der Waals surface area (Å²) in [6.45, 7) is 3.73. The number of likely N-dealkylation sites (tertiary alicyclic amines) is 1. The normalized spacial score (nSPS) is 24.6. The van der Waals surface area contributed by atoms with E-state index in [1.54, 1.807) is 12.1 Å². The van der Waals surface area contributed by atoms with Gasteiger partial charge in [-0.25, -0.2) is 4.39 Å². The van der Waals surface area contributed by atoms with Crippen LogP contribution in [0.4, 0.5) is 4.39 Å². The zero-order valence-corrected chi connectivity index (χ0v) is 14.4. The van der Waals surface area contributed by atoms with Gasteiger partial charge in [-0.05, 0) is 31.0 Å². The van der Waals surface area contributed by atoms with Crippen LogP contribution >= 0.6 is 0 Å². The van der Waals surface area contributed by atoms with Crippen LogP contribution in [-0.4, -0.2) is 51.1 Å². The van der Waals surface area contributed by atoms with Crippen LogP contribution in [0.15, 0.2) is 28.7 Å². The number of hydrogen-bond donors (Lipinski definition) is 2. The number of rotatable bonds is 6. The third-order valence-electron chi connectivity index (χ3n) is 4.92. The van der Waals surface area contributed by atoms with Crippen molar-refractivity contribution in [1.82, 2.24) is 15.1 Å². The molecule has 1 aromatic heterocycles. The summed E-state index contributed by atoms with van der Waals surface area (Å²) in [6, 6.07) is 6.03. The minimum atomic E-state index is -0.502. The Bertz CT molecular complexity index is 708. The number of hydrogen-bond acceptors (Lipinski definition) is 6. The average molecular weight is 349 g/mol. The van der Waals surface area contributed by atoms with Gasteiger partial charge in [-0.1, -0.05) is 19.4 Å². The molecule has 1 aliphatic heterocycles. The highest BCUT2D eigenvalue weighted by molar-refractivity contribution is 5.52. The number of aliphatic hydroxyl groups excluding tert-OH is 2. The molecule has 0 saturated carbocycles. The Morgan fingerprint density at radius 1 is 1.40 bits per heavy atom. The van der Waals surface area contributed by atoms with E-state index >= 15 is 0 Å². The number of aromatic nitrogens is 2. The van der Waals surface area contributed by atoms with Gasteiger partial charge in [0.05, 0.1) is 19.3 Å². The monoisotopic (exact) mass is 349 g/mol. The van der Waals surface area contributed by atoms with E-state index in [-0.39, 0.29) is 18.3 Å². The maximum Gasteiger partial charge on any atom is 0.247 e. The first-order valence-electron chi connectivity index (χ1n) is 8.66. The molecular formula is C18H24FN3O3. The van der Waals surface area contributed by atoms with Crippen molar-refractivity contribution in [3.8, 4) is 11.5 Å². The highest BCUT2D eigenvalue weighted by Gasteiger charge is 2.41. The molecule has 2 atom stereocenters. The molecular weight excluding hydrogens is 325 g/mol. The Morgan fingerprint density at radius 2 is 2.24 bits per heavy atom.